The maximum absolute atomic E-state index is 14.0. The molecule has 1 N–H and O–H groups in total. The summed E-state index contributed by atoms with van der Waals surface area (Å²) in [6.45, 7) is 8.77. The normalized spacial score (nSPS) is 16.0. The van der Waals surface area contributed by atoms with E-state index in [4.69, 9.17) is 14.7 Å². The molecule has 0 aliphatic carbocycles. The molecule has 1 unspecified atom stereocenters. The number of amidine groups is 1. The number of ether oxygens (including phenoxy) is 1. The molecule has 7 heteroatoms. The topological polar surface area (TPSA) is 84.6 Å². The van der Waals surface area contributed by atoms with Crippen molar-refractivity contribution >= 4 is 28.5 Å². The number of H-pyrrole nitrogens is 1. The van der Waals surface area contributed by atoms with Crippen LogP contribution in [0.5, 0.6) is 5.75 Å². The number of benzene rings is 3. The lowest BCUT2D eigenvalue weighted by Gasteiger charge is -2.19. The van der Waals surface area contributed by atoms with Crippen LogP contribution in [0.4, 0.5) is 5.69 Å². The quantitative estimate of drug-likeness (QED) is 0.277. The van der Waals surface area contributed by atoms with E-state index in [1.54, 1.807) is 17.9 Å². The summed E-state index contributed by atoms with van der Waals surface area (Å²) in [6.07, 6.45) is 5.37. The van der Waals surface area contributed by atoms with Gasteiger partial charge in [0.15, 0.2) is 5.49 Å². The number of nitrogens with zero attached hydrogens (tertiary/aromatic N) is 4. The molecule has 1 aliphatic rings. The number of aliphatic imine (C=N–C) groups is 1. The molecule has 0 saturated heterocycles. The summed E-state index contributed by atoms with van der Waals surface area (Å²) in [4.78, 5) is 24.1. The van der Waals surface area contributed by atoms with Crippen LogP contribution in [0.1, 0.15) is 46.1 Å². The van der Waals surface area contributed by atoms with Gasteiger partial charge in [0.25, 0.3) is 5.56 Å². The minimum Gasteiger partial charge on any atom is -0.497 e. The standard InChI is InChI=1S/C35H35N5O2/c1-6-22-12-19-29-31-30(21-36-39-31)34(41)40(33(29)38-32(22)37-26-15-17-28(42-5)18-16-26)27-9-7-8-24(20-27)23-10-13-25(14-11-23)35(2,3)4/h7-11,13-22H,6,12H2,1-5H3,(H,36,39). The monoisotopic (exact) mass is 557 g/mol. The summed E-state index contributed by atoms with van der Waals surface area (Å²) in [7, 11) is 1.65. The van der Waals surface area contributed by atoms with E-state index in [1.807, 2.05) is 36.4 Å². The van der Waals surface area contributed by atoms with Gasteiger partial charge in [-0.25, -0.2) is 9.98 Å². The second kappa shape index (κ2) is 10.9. The Morgan fingerprint density at radius 2 is 1.79 bits per heavy atom. The number of fused-ring (bicyclic) bond motifs is 3. The van der Waals surface area contributed by atoms with Gasteiger partial charge in [0.05, 0.1) is 35.6 Å². The van der Waals surface area contributed by atoms with Crippen molar-refractivity contribution in [3.05, 3.63) is 106 Å². The summed E-state index contributed by atoms with van der Waals surface area (Å²) in [6, 6.07) is 24.3. The predicted molar refractivity (Wildman–Crippen MR) is 170 cm³/mol. The fourth-order valence-electron chi connectivity index (χ4n) is 5.45. The first kappa shape index (κ1) is 27.4. The maximum Gasteiger partial charge on any atom is 0.267 e. The van der Waals surface area contributed by atoms with Crippen LogP contribution in [0, 0.1) is 5.92 Å². The highest BCUT2D eigenvalue weighted by Crippen LogP contribution is 2.27. The fourth-order valence-corrected chi connectivity index (χ4v) is 5.45. The first-order valence-electron chi connectivity index (χ1n) is 14.4. The van der Waals surface area contributed by atoms with Crippen LogP contribution in [0.3, 0.4) is 0 Å². The molecule has 6 rings (SSSR count). The smallest absolute Gasteiger partial charge is 0.267 e. The van der Waals surface area contributed by atoms with Crippen LogP contribution in [0.15, 0.2) is 93.8 Å². The average Bonchev–Trinajstić information content (AvgIpc) is 3.42. The molecule has 7 nitrogen and oxygen atoms in total. The molecule has 0 bridgehead atoms. The van der Waals surface area contributed by atoms with Gasteiger partial charge in [0.1, 0.15) is 11.6 Å². The molecule has 0 amide bonds. The number of nitrogens with one attached hydrogen (secondary N) is 1. The van der Waals surface area contributed by atoms with Gasteiger partial charge in [-0.15, -0.1) is 0 Å². The second-order valence-electron chi connectivity index (χ2n) is 11.7. The zero-order valence-corrected chi connectivity index (χ0v) is 24.7. The van der Waals surface area contributed by atoms with E-state index in [9.17, 15) is 4.79 Å². The van der Waals surface area contributed by atoms with E-state index in [1.165, 1.54) is 5.56 Å². The van der Waals surface area contributed by atoms with Crippen molar-refractivity contribution in [3.8, 4) is 22.6 Å². The van der Waals surface area contributed by atoms with Gasteiger partial charge in [-0.3, -0.25) is 14.5 Å². The molecule has 212 valence electrons. The molecule has 0 saturated carbocycles. The number of aromatic amines is 1. The van der Waals surface area contributed by atoms with Gasteiger partial charge in [-0.05, 0) is 71.3 Å². The molecule has 0 fully saturated rings. The Hall–Kier alpha value is -4.78. The van der Waals surface area contributed by atoms with Crippen LogP contribution in [0.2, 0.25) is 0 Å². The van der Waals surface area contributed by atoms with E-state index < -0.39 is 0 Å². The van der Waals surface area contributed by atoms with Crippen LogP contribution in [0.25, 0.3) is 33.8 Å². The fraction of sp³-hybridized carbons (Fsp3) is 0.257. The zero-order chi connectivity index (χ0) is 29.4. The summed E-state index contributed by atoms with van der Waals surface area (Å²) >= 11 is 0. The van der Waals surface area contributed by atoms with Crippen molar-refractivity contribution in [1.82, 2.24) is 14.8 Å². The van der Waals surface area contributed by atoms with Crippen LogP contribution >= 0.6 is 0 Å². The Kier molecular flexibility index (Phi) is 7.11. The Balaban J connectivity index is 1.57. The molecular weight excluding hydrogens is 522 g/mol. The van der Waals surface area contributed by atoms with E-state index in [0.717, 1.165) is 46.3 Å². The molecule has 2 aromatic heterocycles. The van der Waals surface area contributed by atoms with E-state index in [-0.39, 0.29) is 16.9 Å². The summed E-state index contributed by atoms with van der Waals surface area (Å²) in [5.74, 6) is 1.55. The summed E-state index contributed by atoms with van der Waals surface area (Å²) < 4.78 is 7.02. The molecule has 3 heterocycles. The van der Waals surface area contributed by atoms with E-state index in [2.05, 4.69) is 80.4 Å². The minimum absolute atomic E-state index is 0.0741. The average molecular weight is 558 g/mol. The number of methoxy groups -OCH3 is 1. The molecule has 1 aliphatic heterocycles. The third kappa shape index (κ3) is 5.07. The number of rotatable bonds is 5. The van der Waals surface area contributed by atoms with Crippen molar-refractivity contribution in [2.75, 3.05) is 7.11 Å². The predicted octanol–water partition coefficient (Wildman–Crippen LogP) is 6.25. The summed E-state index contributed by atoms with van der Waals surface area (Å²) in [5.41, 5.74) is 6.07. The van der Waals surface area contributed by atoms with Gasteiger partial charge < -0.3 is 4.74 Å². The number of hydrogen-bond acceptors (Lipinski definition) is 4. The Labute approximate surface area is 244 Å². The van der Waals surface area contributed by atoms with Gasteiger partial charge in [-0.1, -0.05) is 70.2 Å². The first-order chi connectivity index (χ1) is 20.3. The highest BCUT2D eigenvalue weighted by molar-refractivity contribution is 5.89. The lowest BCUT2D eigenvalue weighted by molar-refractivity contribution is 0.415. The molecule has 5 aromatic rings. The SMILES string of the molecule is CCC1CC=c2c(n(-c3cccc(-c4ccc(C(C)(C)C)cc4)c3)c(=O)c3cn[nH]c23)=NC1=Nc1ccc(OC)cc1. The van der Waals surface area contributed by atoms with E-state index in [0.29, 0.717) is 22.2 Å². The molecule has 0 radical (unpaired) electrons. The minimum atomic E-state index is -0.173. The molecular formula is C35H35N5O2. The van der Waals surface area contributed by atoms with Gasteiger partial charge in [0, 0.05) is 11.1 Å². The molecule has 1 atom stereocenters. The third-order valence-electron chi connectivity index (χ3n) is 7.98. The van der Waals surface area contributed by atoms with Gasteiger partial charge in [-0.2, -0.15) is 5.10 Å². The first-order valence-corrected chi connectivity index (χ1v) is 14.4. The van der Waals surface area contributed by atoms with Crippen molar-refractivity contribution in [2.45, 2.75) is 46.0 Å². The van der Waals surface area contributed by atoms with Crippen LogP contribution in [-0.4, -0.2) is 27.7 Å². The van der Waals surface area contributed by atoms with Crippen molar-refractivity contribution in [2.24, 2.45) is 15.9 Å². The highest BCUT2D eigenvalue weighted by atomic mass is 16.5. The van der Waals surface area contributed by atoms with Crippen molar-refractivity contribution < 1.29 is 4.74 Å². The number of pyridine rings is 1. The van der Waals surface area contributed by atoms with Gasteiger partial charge in [0.2, 0.25) is 0 Å². The largest absolute Gasteiger partial charge is 0.497 e. The maximum atomic E-state index is 14.0. The van der Waals surface area contributed by atoms with Crippen molar-refractivity contribution in [3.63, 3.8) is 0 Å². The van der Waals surface area contributed by atoms with Crippen LogP contribution < -0.4 is 21.0 Å². The van der Waals surface area contributed by atoms with Crippen molar-refractivity contribution in [1.29, 1.82) is 0 Å². The Morgan fingerprint density at radius 3 is 2.48 bits per heavy atom. The lowest BCUT2D eigenvalue weighted by Crippen LogP contribution is -2.43. The summed E-state index contributed by atoms with van der Waals surface area (Å²) in [5, 5.41) is 8.67. The van der Waals surface area contributed by atoms with Crippen LogP contribution in [-0.2, 0) is 5.41 Å². The highest BCUT2D eigenvalue weighted by Gasteiger charge is 2.20. The van der Waals surface area contributed by atoms with E-state index >= 15 is 0 Å². The zero-order valence-electron chi connectivity index (χ0n) is 24.7. The lowest BCUT2D eigenvalue weighted by atomic mass is 9.86. The number of hydrogen-bond donors (Lipinski definition) is 1. The third-order valence-corrected chi connectivity index (χ3v) is 7.98. The second-order valence-corrected chi connectivity index (χ2v) is 11.7. The van der Waals surface area contributed by atoms with Gasteiger partial charge >= 0.3 is 0 Å². The molecule has 42 heavy (non-hydrogen) atoms. The Bertz CT molecular complexity index is 1980. The molecule has 0 spiro atoms. The number of aromatic nitrogens is 3. The molecule has 3 aromatic carbocycles. The Morgan fingerprint density at radius 1 is 1.02 bits per heavy atom.